The van der Waals surface area contributed by atoms with E-state index in [4.69, 9.17) is 0 Å². The summed E-state index contributed by atoms with van der Waals surface area (Å²) in [6.07, 6.45) is 8.08. The van der Waals surface area contributed by atoms with Crippen LogP contribution in [0.3, 0.4) is 0 Å². The minimum atomic E-state index is 0.0180. The normalized spacial score (nSPS) is 16.0. The zero-order valence-corrected chi connectivity index (χ0v) is 15.2. The van der Waals surface area contributed by atoms with Crippen molar-refractivity contribution in [3.8, 4) is 0 Å². The van der Waals surface area contributed by atoms with E-state index in [0.717, 1.165) is 24.7 Å². The molecular formula is C17H29N3O2S. The Morgan fingerprint density at radius 2 is 2.13 bits per heavy atom. The third-order valence-corrected chi connectivity index (χ3v) is 5.63. The molecule has 1 aromatic heterocycles. The molecule has 1 fully saturated rings. The molecule has 23 heavy (non-hydrogen) atoms. The predicted molar refractivity (Wildman–Crippen MR) is 95.1 cm³/mol. The zero-order chi connectivity index (χ0) is 16.7. The van der Waals surface area contributed by atoms with Crippen molar-refractivity contribution in [2.45, 2.75) is 64.5 Å². The molecule has 130 valence electrons. The number of nitrogens with one attached hydrogen (secondary N) is 1. The monoisotopic (exact) mass is 339 g/mol. The lowest BCUT2D eigenvalue weighted by molar-refractivity contribution is -0.121. The maximum Gasteiger partial charge on any atom is 0.307 e. The van der Waals surface area contributed by atoms with E-state index in [0.29, 0.717) is 19.5 Å². The molecular weight excluding hydrogens is 310 g/mol. The third-order valence-electron chi connectivity index (χ3n) is 4.75. The topological polar surface area (TPSA) is 54.3 Å². The first-order valence-electron chi connectivity index (χ1n) is 8.70. The fraction of sp³-hybridized carbons (Fsp3) is 0.765. The second kappa shape index (κ2) is 9.23. The van der Waals surface area contributed by atoms with Gasteiger partial charge < -0.3 is 14.8 Å². The summed E-state index contributed by atoms with van der Waals surface area (Å²) in [6.45, 7) is 4.13. The molecule has 0 unspecified atom stereocenters. The van der Waals surface area contributed by atoms with Gasteiger partial charge in [0.1, 0.15) is 0 Å². The van der Waals surface area contributed by atoms with Crippen LogP contribution in [0.1, 0.15) is 50.6 Å². The Labute approximate surface area is 142 Å². The van der Waals surface area contributed by atoms with E-state index >= 15 is 0 Å². The fourth-order valence-corrected chi connectivity index (χ4v) is 4.00. The van der Waals surface area contributed by atoms with Crippen molar-refractivity contribution in [2.24, 2.45) is 0 Å². The van der Waals surface area contributed by atoms with Gasteiger partial charge in [-0.3, -0.25) is 9.59 Å². The van der Waals surface area contributed by atoms with E-state index in [1.54, 1.807) is 4.57 Å². The molecule has 2 rings (SSSR count). The zero-order valence-electron chi connectivity index (χ0n) is 14.3. The van der Waals surface area contributed by atoms with Crippen LogP contribution >= 0.6 is 11.3 Å². The Morgan fingerprint density at radius 3 is 2.78 bits per heavy atom. The lowest BCUT2D eigenvalue weighted by Gasteiger charge is -2.31. The average Bonchev–Trinajstić information content (AvgIpc) is 2.88. The van der Waals surface area contributed by atoms with Crippen molar-refractivity contribution in [3.63, 3.8) is 0 Å². The van der Waals surface area contributed by atoms with Crippen LogP contribution in [0.15, 0.2) is 10.2 Å². The number of carbonyl (C=O) groups excluding carboxylic acids is 1. The molecule has 6 heteroatoms. The molecule has 1 N–H and O–H groups in total. The van der Waals surface area contributed by atoms with Crippen LogP contribution in [0.25, 0.3) is 0 Å². The second-order valence-electron chi connectivity index (χ2n) is 6.52. The second-order valence-corrected chi connectivity index (χ2v) is 7.34. The Kier molecular flexibility index (Phi) is 7.30. The van der Waals surface area contributed by atoms with Crippen LogP contribution in [0, 0.1) is 6.92 Å². The number of carbonyl (C=O) groups is 1. The smallest absolute Gasteiger partial charge is 0.307 e. The highest BCUT2D eigenvalue weighted by molar-refractivity contribution is 7.07. The lowest BCUT2D eigenvalue weighted by Crippen LogP contribution is -2.36. The van der Waals surface area contributed by atoms with Crippen LogP contribution in [0.2, 0.25) is 0 Å². The highest BCUT2D eigenvalue weighted by atomic mass is 32.1. The first-order chi connectivity index (χ1) is 11.1. The maximum atomic E-state index is 11.9. The van der Waals surface area contributed by atoms with Gasteiger partial charge in [0.05, 0.1) is 0 Å². The highest BCUT2D eigenvalue weighted by Gasteiger charge is 2.17. The first-order valence-corrected chi connectivity index (χ1v) is 9.58. The molecule has 0 spiro atoms. The molecule has 0 aliphatic heterocycles. The number of thiazole rings is 1. The number of aryl methyl sites for hydroxylation is 1. The van der Waals surface area contributed by atoms with Gasteiger partial charge in [-0.05, 0) is 39.8 Å². The molecule has 1 aliphatic rings. The molecule has 1 heterocycles. The van der Waals surface area contributed by atoms with Crippen LogP contribution < -0.4 is 10.2 Å². The van der Waals surface area contributed by atoms with Crippen molar-refractivity contribution in [3.05, 3.63) is 20.7 Å². The van der Waals surface area contributed by atoms with E-state index in [2.05, 4.69) is 17.3 Å². The molecule has 1 aromatic rings. The number of hydrogen-bond acceptors (Lipinski definition) is 4. The van der Waals surface area contributed by atoms with Gasteiger partial charge in [0.15, 0.2) is 0 Å². The summed E-state index contributed by atoms with van der Waals surface area (Å²) in [5, 5.41) is 4.80. The summed E-state index contributed by atoms with van der Waals surface area (Å²) in [6, 6.07) is 0.730. The lowest BCUT2D eigenvalue weighted by atomic mass is 9.94. The third kappa shape index (κ3) is 5.77. The summed E-state index contributed by atoms with van der Waals surface area (Å²) in [5.74, 6) is 0.0304. The number of rotatable bonds is 8. The first kappa shape index (κ1) is 18.2. The standard InChI is InChI=1S/C17H29N3O2S/c1-14-13-23-17(22)20(14)12-9-16(21)18-10-6-11-19(2)15-7-4-3-5-8-15/h13,15H,3-12H2,1-2H3,(H,18,21). The van der Waals surface area contributed by atoms with E-state index in [9.17, 15) is 9.59 Å². The Hall–Kier alpha value is -1.14. The van der Waals surface area contributed by atoms with Gasteiger partial charge in [0, 0.05) is 36.6 Å². The summed E-state index contributed by atoms with van der Waals surface area (Å²) in [4.78, 5) is 25.9. The van der Waals surface area contributed by atoms with Crippen LogP contribution in [-0.2, 0) is 11.3 Å². The Bertz CT molecular complexity index is 546. The highest BCUT2D eigenvalue weighted by Crippen LogP contribution is 2.21. The maximum absolute atomic E-state index is 11.9. The van der Waals surface area contributed by atoms with Gasteiger partial charge in [0.2, 0.25) is 5.91 Å². The molecule has 0 aromatic carbocycles. The van der Waals surface area contributed by atoms with Crippen molar-refractivity contribution < 1.29 is 4.79 Å². The summed E-state index contributed by atoms with van der Waals surface area (Å²) in [7, 11) is 2.20. The number of amides is 1. The van der Waals surface area contributed by atoms with Crippen molar-refractivity contribution >= 4 is 17.2 Å². The predicted octanol–water partition coefficient (Wildman–Crippen LogP) is 2.38. The van der Waals surface area contributed by atoms with Crippen molar-refractivity contribution in [2.75, 3.05) is 20.1 Å². The van der Waals surface area contributed by atoms with E-state index < -0.39 is 0 Å². The van der Waals surface area contributed by atoms with Gasteiger partial charge in [-0.15, -0.1) is 0 Å². The van der Waals surface area contributed by atoms with Crippen LogP contribution in [-0.4, -0.2) is 41.6 Å². The molecule has 0 saturated heterocycles. The average molecular weight is 340 g/mol. The molecule has 0 radical (unpaired) electrons. The molecule has 5 nitrogen and oxygen atoms in total. The molecule has 0 atom stereocenters. The minimum Gasteiger partial charge on any atom is -0.356 e. The van der Waals surface area contributed by atoms with Gasteiger partial charge in [-0.1, -0.05) is 30.6 Å². The van der Waals surface area contributed by atoms with Crippen molar-refractivity contribution in [1.29, 1.82) is 0 Å². The van der Waals surface area contributed by atoms with E-state index in [1.807, 2.05) is 12.3 Å². The Morgan fingerprint density at radius 1 is 1.39 bits per heavy atom. The summed E-state index contributed by atoms with van der Waals surface area (Å²) in [5.41, 5.74) is 0.932. The summed E-state index contributed by atoms with van der Waals surface area (Å²) < 4.78 is 1.67. The largest absolute Gasteiger partial charge is 0.356 e. The van der Waals surface area contributed by atoms with Gasteiger partial charge in [-0.2, -0.15) is 0 Å². The minimum absolute atomic E-state index is 0.0180. The van der Waals surface area contributed by atoms with E-state index in [1.165, 1.54) is 43.4 Å². The van der Waals surface area contributed by atoms with Gasteiger partial charge in [0.25, 0.3) is 0 Å². The summed E-state index contributed by atoms with van der Waals surface area (Å²) >= 11 is 1.19. The Balaban J connectivity index is 1.58. The number of hydrogen-bond donors (Lipinski definition) is 1. The molecule has 1 aliphatic carbocycles. The fourth-order valence-electron chi connectivity index (χ4n) is 3.24. The molecule has 1 saturated carbocycles. The van der Waals surface area contributed by atoms with Crippen LogP contribution in [0.5, 0.6) is 0 Å². The van der Waals surface area contributed by atoms with Gasteiger partial charge in [-0.25, -0.2) is 0 Å². The molecule has 1 amide bonds. The molecule has 0 bridgehead atoms. The van der Waals surface area contributed by atoms with Gasteiger partial charge >= 0.3 is 4.87 Å². The number of nitrogens with zero attached hydrogens (tertiary/aromatic N) is 2. The van der Waals surface area contributed by atoms with Crippen molar-refractivity contribution in [1.82, 2.24) is 14.8 Å². The van der Waals surface area contributed by atoms with E-state index in [-0.39, 0.29) is 10.8 Å². The quantitative estimate of drug-likeness (QED) is 0.740. The number of aromatic nitrogens is 1. The SMILES string of the molecule is Cc1csc(=O)n1CCC(=O)NCCCN(C)C1CCCCC1. The van der Waals surface area contributed by atoms with Crippen LogP contribution in [0.4, 0.5) is 0 Å².